The van der Waals surface area contributed by atoms with E-state index in [1.165, 1.54) is 11.8 Å². The van der Waals surface area contributed by atoms with Crippen molar-refractivity contribution in [1.82, 2.24) is 10.2 Å². The number of ether oxygens (including phenoxy) is 1. The summed E-state index contributed by atoms with van der Waals surface area (Å²) < 4.78 is 6.10. The van der Waals surface area contributed by atoms with Crippen LogP contribution in [0.15, 0.2) is 56.7 Å². The molecule has 0 radical (unpaired) electrons. The topological polar surface area (TPSA) is 61.9 Å². The molecule has 170 valence electrons. The number of anilines is 1. The van der Waals surface area contributed by atoms with Gasteiger partial charge in [0.2, 0.25) is 5.91 Å². The second-order valence-corrected chi connectivity index (χ2v) is 9.18. The van der Waals surface area contributed by atoms with E-state index in [9.17, 15) is 9.59 Å². The Hall–Kier alpha value is -2.29. The van der Waals surface area contributed by atoms with Crippen LogP contribution in [0.3, 0.4) is 0 Å². The van der Waals surface area contributed by atoms with Gasteiger partial charge >= 0.3 is 0 Å². The molecule has 1 aliphatic rings. The second kappa shape index (κ2) is 11.5. The predicted molar refractivity (Wildman–Crippen MR) is 134 cm³/mol. The van der Waals surface area contributed by atoms with E-state index in [2.05, 4.69) is 40.0 Å². The number of carbonyl (C=O) groups excluding carboxylic acids is 2. The summed E-state index contributed by atoms with van der Waals surface area (Å²) in [7, 11) is 1.61. The molecule has 0 spiro atoms. The first-order chi connectivity index (χ1) is 15.5. The van der Waals surface area contributed by atoms with E-state index < -0.39 is 0 Å². The molecule has 6 nitrogen and oxygen atoms in total. The normalized spacial score (nSPS) is 14.6. The number of thioether (sulfide) groups is 1. The molecule has 32 heavy (non-hydrogen) atoms. The van der Waals surface area contributed by atoms with E-state index >= 15 is 0 Å². The van der Waals surface area contributed by atoms with Gasteiger partial charge in [-0.3, -0.25) is 14.5 Å². The number of amides is 2. The summed E-state index contributed by atoms with van der Waals surface area (Å²) >= 11 is 4.91. The van der Waals surface area contributed by atoms with E-state index in [1.807, 2.05) is 48.5 Å². The summed E-state index contributed by atoms with van der Waals surface area (Å²) in [6, 6.07) is 13.3. The van der Waals surface area contributed by atoms with Crippen molar-refractivity contribution in [3.05, 3.63) is 57.4 Å². The Morgan fingerprint density at radius 1 is 1.22 bits per heavy atom. The Morgan fingerprint density at radius 3 is 2.66 bits per heavy atom. The number of rotatable bonds is 9. The number of carbonyl (C=O) groups is 2. The number of fused-ring (bicyclic) bond motifs is 1. The molecule has 0 unspecified atom stereocenters. The van der Waals surface area contributed by atoms with E-state index in [0.717, 1.165) is 46.0 Å². The highest BCUT2D eigenvalue weighted by Crippen LogP contribution is 2.42. The number of likely N-dealkylation sites (N-methyl/N-ethyl adjacent to an activating group) is 1. The first-order valence-corrected chi connectivity index (χ1v) is 12.2. The highest BCUT2D eigenvalue weighted by atomic mass is 79.9. The maximum atomic E-state index is 13.3. The molecule has 0 aromatic heterocycles. The second-order valence-electron chi connectivity index (χ2n) is 7.24. The van der Waals surface area contributed by atoms with Gasteiger partial charge in [0.25, 0.3) is 5.91 Å². The molecular formula is C24H28BrN3O3S. The van der Waals surface area contributed by atoms with Crippen LogP contribution in [-0.2, 0) is 9.59 Å². The summed E-state index contributed by atoms with van der Waals surface area (Å²) in [5.74, 6) is 0.376. The van der Waals surface area contributed by atoms with Crippen molar-refractivity contribution in [2.75, 3.05) is 44.7 Å². The van der Waals surface area contributed by atoms with Crippen molar-refractivity contribution in [2.24, 2.45) is 0 Å². The molecule has 2 amide bonds. The fourth-order valence-electron chi connectivity index (χ4n) is 3.44. The van der Waals surface area contributed by atoms with Crippen molar-refractivity contribution in [1.29, 1.82) is 0 Å². The minimum Gasteiger partial charge on any atom is -0.496 e. The quantitative estimate of drug-likeness (QED) is 0.499. The highest BCUT2D eigenvalue weighted by molar-refractivity contribution is 9.10. The van der Waals surface area contributed by atoms with Gasteiger partial charge < -0.3 is 15.0 Å². The number of methoxy groups -OCH3 is 1. The zero-order chi connectivity index (χ0) is 23.1. The standard InChI is InChI=1S/C24H28BrN3O3S/c1-4-27(5-2)13-12-26-23(29)16-28-19-8-6-7-9-21(19)32-22(24(28)30)15-17-10-11-20(31-3)18(25)14-17/h6-11,14-15H,4-5,12-13,16H2,1-3H3,(H,26,29)/b22-15+. The third-order valence-corrected chi connectivity index (χ3v) is 6.95. The lowest BCUT2D eigenvalue weighted by Crippen LogP contribution is -2.44. The van der Waals surface area contributed by atoms with Crippen LogP contribution in [0.2, 0.25) is 0 Å². The van der Waals surface area contributed by atoms with Gasteiger partial charge in [-0.1, -0.05) is 43.8 Å². The number of nitrogens with one attached hydrogen (secondary N) is 1. The number of hydrogen-bond donors (Lipinski definition) is 1. The highest BCUT2D eigenvalue weighted by Gasteiger charge is 2.30. The maximum Gasteiger partial charge on any atom is 0.265 e. The SMILES string of the molecule is CCN(CC)CCNC(=O)CN1C(=O)/C(=C\c2ccc(OC)c(Br)c2)Sc2ccccc21. The molecule has 3 rings (SSSR count). The molecule has 0 aliphatic carbocycles. The van der Waals surface area contributed by atoms with Crippen molar-refractivity contribution >= 4 is 51.3 Å². The number of benzene rings is 2. The molecule has 0 saturated carbocycles. The van der Waals surface area contributed by atoms with Crippen LogP contribution >= 0.6 is 27.7 Å². The van der Waals surface area contributed by atoms with Crippen molar-refractivity contribution in [2.45, 2.75) is 18.7 Å². The van der Waals surface area contributed by atoms with Crippen LogP contribution in [0, 0.1) is 0 Å². The summed E-state index contributed by atoms with van der Waals surface area (Å²) in [5.41, 5.74) is 1.63. The zero-order valence-electron chi connectivity index (χ0n) is 18.6. The molecule has 2 aromatic rings. The Morgan fingerprint density at radius 2 is 1.97 bits per heavy atom. The van der Waals surface area contributed by atoms with Crippen LogP contribution in [0.4, 0.5) is 5.69 Å². The first-order valence-electron chi connectivity index (χ1n) is 10.6. The molecule has 0 fully saturated rings. The van der Waals surface area contributed by atoms with Crippen molar-refractivity contribution in [3.8, 4) is 5.75 Å². The molecule has 0 saturated heterocycles. The molecule has 2 aromatic carbocycles. The number of halogens is 1. The fourth-order valence-corrected chi connectivity index (χ4v) is 5.05. The number of para-hydroxylation sites is 1. The van der Waals surface area contributed by atoms with Gasteiger partial charge in [-0.15, -0.1) is 0 Å². The molecule has 1 N–H and O–H groups in total. The minimum atomic E-state index is -0.181. The Balaban J connectivity index is 1.79. The lowest BCUT2D eigenvalue weighted by atomic mass is 10.2. The summed E-state index contributed by atoms with van der Waals surface area (Å²) in [4.78, 5) is 31.3. The van der Waals surface area contributed by atoms with E-state index in [0.29, 0.717) is 11.4 Å². The lowest BCUT2D eigenvalue weighted by Gasteiger charge is -2.30. The van der Waals surface area contributed by atoms with Gasteiger partial charge in [0.1, 0.15) is 12.3 Å². The Bertz CT molecular complexity index is 1010. The molecular weight excluding hydrogens is 490 g/mol. The van der Waals surface area contributed by atoms with Crippen LogP contribution < -0.4 is 15.0 Å². The third-order valence-electron chi connectivity index (χ3n) is 5.25. The molecule has 1 aliphatic heterocycles. The van der Waals surface area contributed by atoms with Crippen LogP contribution in [0.5, 0.6) is 5.75 Å². The van der Waals surface area contributed by atoms with Crippen molar-refractivity contribution in [3.63, 3.8) is 0 Å². The lowest BCUT2D eigenvalue weighted by molar-refractivity contribution is -0.122. The number of nitrogens with zero attached hydrogens (tertiary/aromatic N) is 2. The Labute approximate surface area is 202 Å². The minimum absolute atomic E-state index is 0.0156. The van der Waals surface area contributed by atoms with Crippen LogP contribution in [-0.4, -0.2) is 56.5 Å². The van der Waals surface area contributed by atoms with Crippen LogP contribution in [0.1, 0.15) is 19.4 Å². The zero-order valence-corrected chi connectivity index (χ0v) is 21.0. The average molecular weight is 518 g/mol. The van der Waals surface area contributed by atoms with Gasteiger partial charge in [-0.05, 0) is 64.9 Å². The van der Waals surface area contributed by atoms with E-state index in [-0.39, 0.29) is 18.4 Å². The van der Waals surface area contributed by atoms with Gasteiger partial charge in [0.15, 0.2) is 0 Å². The van der Waals surface area contributed by atoms with Gasteiger partial charge in [-0.2, -0.15) is 0 Å². The summed E-state index contributed by atoms with van der Waals surface area (Å²) in [6.07, 6.45) is 1.85. The van der Waals surface area contributed by atoms with E-state index in [1.54, 1.807) is 12.0 Å². The van der Waals surface area contributed by atoms with Crippen molar-refractivity contribution < 1.29 is 14.3 Å². The summed E-state index contributed by atoms with van der Waals surface area (Å²) in [6.45, 7) is 7.41. The molecule has 1 heterocycles. The fraction of sp³-hybridized carbons (Fsp3) is 0.333. The molecule has 0 bridgehead atoms. The first kappa shape index (κ1) is 24.4. The smallest absolute Gasteiger partial charge is 0.265 e. The van der Waals surface area contributed by atoms with Gasteiger partial charge in [-0.25, -0.2) is 0 Å². The molecule has 0 atom stereocenters. The average Bonchev–Trinajstić information content (AvgIpc) is 2.79. The van der Waals surface area contributed by atoms with Crippen LogP contribution in [0.25, 0.3) is 6.08 Å². The largest absolute Gasteiger partial charge is 0.496 e. The maximum absolute atomic E-state index is 13.3. The monoisotopic (exact) mass is 517 g/mol. The predicted octanol–water partition coefficient (Wildman–Crippen LogP) is 4.40. The third kappa shape index (κ3) is 5.94. The van der Waals surface area contributed by atoms with Gasteiger partial charge in [0, 0.05) is 18.0 Å². The summed E-state index contributed by atoms with van der Waals surface area (Å²) in [5, 5.41) is 2.94. The van der Waals surface area contributed by atoms with E-state index in [4.69, 9.17) is 4.74 Å². The Kier molecular flexibility index (Phi) is 8.78. The molecule has 8 heteroatoms. The van der Waals surface area contributed by atoms with Gasteiger partial charge in [0.05, 0.1) is 22.2 Å². The number of hydrogen-bond acceptors (Lipinski definition) is 5.